The van der Waals surface area contributed by atoms with Crippen LogP contribution >= 0.6 is 0 Å². The third-order valence-corrected chi connectivity index (χ3v) is 2.99. The molecular weight excluding hydrogens is 270 g/mol. The minimum Gasteiger partial charge on any atom is -0.357 e. The van der Waals surface area contributed by atoms with Gasteiger partial charge in [0.15, 0.2) is 0 Å². The van der Waals surface area contributed by atoms with Crippen molar-refractivity contribution in [2.45, 2.75) is 6.54 Å². The number of carbonyl (C=O) groups is 1. The first-order valence-electron chi connectivity index (χ1n) is 6.33. The maximum Gasteiger partial charge on any atom is 0.267 e. The zero-order valence-electron chi connectivity index (χ0n) is 11.0. The summed E-state index contributed by atoms with van der Waals surface area (Å²) in [6.07, 6.45) is 4.37. The Kier molecular flexibility index (Phi) is 3.48. The van der Waals surface area contributed by atoms with Crippen molar-refractivity contribution in [3.05, 3.63) is 54.0 Å². The summed E-state index contributed by atoms with van der Waals surface area (Å²) < 4.78 is 1.67. The van der Waals surface area contributed by atoms with Crippen molar-refractivity contribution in [2.24, 2.45) is 0 Å². The van der Waals surface area contributed by atoms with E-state index in [0.29, 0.717) is 12.2 Å². The fraction of sp³-hybridized carbons (Fsp3) is 0.0714. The molecule has 7 nitrogen and oxygen atoms in total. The monoisotopic (exact) mass is 283 g/mol. The summed E-state index contributed by atoms with van der Waals surface area (Å²) in [7, 11) is 0. The molecule has 7 heteroatoms. The van der Waals surface area contributed by atoms with Gasteiger partial charge in [-0.2, -0.15) is 0 Å². The topological polar surface area (TPSA) is 95.8 Å². The molecule has 0 atom stereocenters. The summed E-state index contributed by atoms with van der Waals surface area (Å²) in [5.41, 5.74) is 4.14. The van der Waals surface area contributed by atoms with Gasteiger partial charge in [-0.05, 0) is 23.6 Å². The van der Waals surface area contributed by atoms with Gasteiger partial charge in [-0.25, -0.2) is 10.2 Å². The van der Waals surface area contributed by atoms with Crippen LogP contribution < -0.4 is 5.48 Å². The maximum absolute atomic E-state index is 10.9. The van der Waals surface area contributed by atoms with Crippen molar-refractivity contribution >= 4 is 22.9 Å². The van der Waals surface area contributed by atoms with Gasteiger partial charge in [0.2, 0.25) is 0 Å². The molecule has 0 bridgehead atoms. The van der Waals surface area contributed by atoms with Crippen LogP contribution in [0.15, 0.2) is 42.6 Å². The quantitative estimate of drug-likeness (QED) is 0.382. The van der Waals surface area contributed by atoms with Crippen LogP contribution in [0.3, 0.4) is 0 Å². The van der Waals surface area contributed by atoms with E-state index in [-0.39, 0.29) is 0 Å². The second-order valence-electron chi connectivity index (χ2n) is 4.53. The summed E-state index contributed by atoms with van der Waals surface area (Å²) in [5.74, 6) is -0.611. The Bertz CT molecular complexity index is 769. The van der Waals surface area contributed by atoms with Crippen molar-refractivity contribution in [1.82, 2.24) is 25.5 Å². The van der Waals surface area contributed by atoms with Crippen LogP contribution in [0.1, 0.15) is 11.4 Å². The van der Waals surface area contributed by atoms with E-state index in [2.05, 4.69) is 21.4 Å². The van der Waals surface area contributed by atoms with Gasteiger partial charge in [-0.1, -0.05) is 23.4 Å². The third-order valence-electron chi connectivity index (χ3n) is 2.99. The minimum absolute atomic E-state index is 0.537. The normalized spacial score (nSPS) is 11.3. The van der Waals surface area contributed by atoms with Crippen molar-refractivity contribution in [1.29, 1.82) is 0 Å². The Hall–Kier alpha value is -2.93. The van der Waals surface area contributed by atoms with E-state index in [1.807, 2.05) is 24.3 Å². The zero-order valence-corrected chi connectivity index (χ0v) is 11.0. The van der Waals surface area contributed by atoms with Crippen LogP contribution in [0, 0.1) is 0 Å². The number of nitrogens with one attached hydrogen (secondary N) is 2. The number of carbonyl (C=O) groups excluding carboxylic acids is 1. The molecule has 2 aromatic heterocycles. The number of rotatable bonds is 4. The van der Waals surface area contributed by atoms with Gasteiger partial charge in [-0.15, -0.1) is 5.10 Å². The lowest BCUT2D eigenvalue weighted by Crippen LogP contribution is -2.14. The predicted octanol–water partition coefficient (Wildman–Crippen LogP) is 1.33. The second kappa shape index (κ2) is 5.59. The molecule has 2 heterocycles. The number of aromatic amines is 1. The van der Waals surface area contributed by atoms with E-state index < -0.39 is 5.91 Å². The molecule has 1 aromatic carbocycles. The fourth-order valence-electron chi connectivity index (χ4n) is 2.06. The first-order chi connectivity index (χ1) is 10.2. The first-order valence-corrected chi connectivity index (χ1v) is 6.33. The Labute approximate surface area is 119 Å². The smallest absolute Gasteiger partial charge is 0.267 e. The highest BCUT2D eigenvalue weighted by molar-refractivity contribution is 5.90. The van der Waals surface area contributed by atoms with Gasteiger partial charge < -0.3 is 4.98 Å². The van der Waals surface area contributed by atoms with Crippen LogP contribution in [-0.4, -0.2) is 31.1 Å². The molecule has 0 saturated carbocycles. The molecular formula is C14H13N5O2. The molecule has 0 aliphatic carbocycles. The number of hydrogen-bond acceptors (Lipinski definition) is 4. The fourth-order valence-corrected chi connectivity index (χ4v) is 2.06. The number of benzene rings is 1. The van der Waals surface area contributed by atoms with Crippen molar-refractivity contribution in [3.8, 4) is 0 Å². The van der Waals surface area contributed by atoms with Crippen molar-refractivity contribution in [3.63, 3.8) is 0 Å². The Morgan fingerprint density at radius 2 is 2.29 bits per heavy atom. The number of fused-ring (bicyclic) bond motifs is 1. The Morgan fingerprint density at radius 3 is 3.10 bits per heavy atom. The highest BCUT2D eigenvalue weighted by atomic mass is 16.5. The maximum atomic E-state index is 10.9. The molecule has 0 aliphatic heterocycles. The lowest BCUT2D eigenvalue weighted by molar-refractivity contribution is -0.124. The summed E-state index contributed by atoms with van der Waals surface area (Å²) in [6.45, 7) is 0.557. The van der Waals surface area contributed by atoms with Gasteiger partial charge in [0.05, 0.1) is 12.7 Å². The highest BCUT2D eigenvalue weighted by Gasteiger charge is 2.03. The Morgan fingerprint density at radius 1 is 1.43 bits per heavy atom. The number of H-pyrrole nitrogens is 1. The molecule has 0 radical (unpaired) electrons. The summed E-state index contributed by atoms with van der Waals surface area (Å²) in [6, 6.07) is 10.1. The van der Waals surface area contributed by atoms with E-state index in [1.165, 1.54) is 17.6 Å². The number of amides is 1. The van der Waals surface area contributed by atoms with Gasteiger partial charge in [0.25, 0.3) is 5.91 Å². The molecule has 0 spiro atoms. The summed E-state index contributed by atoms with van der Waals surface area (Å²) in [5, 5.41) is 17.4. The van der Waals surface area contributed by atoms with Crippen LogP contribution in [-0.2, 0) is 11.3 Å². The first kappa shape index (κ1) is 13.1. The molecule has 3 aromatic rings. The molecule has 106 valence electrons. The van der Waals surface area contributed by atoms with E-state index >= 15 is 0 Å². The minimum atomic E-state index is -0.611. The van der Waals surface area contributed by atoms with E-state index in [1.54, 1.807) is 10.9 Å². The van der Waals surface area contributed by atoms with E-state index in [9.17, 15) is 4.79 Å². The van der Waals surface area contributed by atoms with Gasteiger partial charge >= 0.3 is 0 Å². The number of hydrogen-bond donors (Lipinski definition) is 3. The molecule has 1 amide bonds. The van der Waals surface area contributed by atoms with Gasteiger partial charge in [0.1, 0.15) is 5.69 Å². The standard InChI is InChI=1S/C14H13N5O2/c20-14(17-21)6-5-11-8-19(18-16-11)9-12-7-10-3-1-2-4-13(10)15-12/h1-8,15,21H,9H2,(H,17,20)/b6-5+. The van der Waals surface area contributed by atoms with Gasteiger partial charge in [-0.3, -0.25) is 10.0 Å². The largest absolute Gasteiger partial charge is 0.357 e. The molecule has 0 aliphatic rings. The predicted molar refractivity (Wildman–Crippen MR) is 76.4 cm³/mol. The molecule has 0 unspecified atom stereocenters. The van der Waals surface area contributed by atoms with Gasteiger partial charge in [0, 0.05) is 17.3 Å². The third kappa shape index (κ3) is 2.98. The number of nitrogens with zero attached hydrogens (tertiary/aromatic N) is 3. The summed E-state index contributed by atoms with van der Waals surface area (Å²) in [4.78, 5) is 14.2. The number of aromatic nitrogens is 4. The molecule has 3 rings (SSSR count). The van der Waals surface area contributed by atoms with E-state index in [4.69, 9.17) is 5.21 Å². The lowest BCUT2D eigenvalue weighted by atomic mass is 10.2. The van der Waals surface area contributed by atoms with Crippen LogP contribution in [0.4, 0.5) is 0 Å². The average Bonchev–Trinajstić information content (AvgIpc) is 3.10. The molecule has 21 heavy (non-hydrogen) atoms. The SMILES string of the molecule is O=C(/C=C/c1cn(Cc2cc3ccccc3[nH]2)nn1)NO. The van der Waals surface area contributed by atoms with Crippen LogP contribution in [0.5, 0.6) is 0 Å². The molecule has 0 saturated heterocycles. The van der Waals surface area contributed by atoms with Crippen LogP contribution in [0.25, 0.3) is 17.0 Å². The van der Waals surface area contributed by atoms with E-state index in [0.717, 1.165) is 16.6 Å². The van der Waals surface area contributed by atoms with Crippen molar-refractivity contribution in [2.75, 3.05) is 0 Å². The van der Waals surface area contributed by atoms with Crippen molar-refractivity contribution < 1.29 is 10.0 Å². The molecule has 0 fully saturated rings. The molecule has 3 N–H and O–H groups in total. The average molecular weight is 283 g/mol. The lowest BCUT2D eigenvalue weighted by Gasteiger charge is -1.95. The number of hydroxylamine groups is 1. The van der Waals surface area contributed by atoms with Crippen LogP contribution in [0.2, 0.25) is 0 Å². The number of para-hydroxylation sites is 1. The second-order valence-corrected chi connectivity index (χ2v) is 4.53. The summed E-state index contributed by atoms with van der Waals surface area (Å²) >= 11 is 0. The Balaban J connectivity index is 1.74. The zero-order chi connectivity index (χ0) is 14.7. The highest BCUT2D eigenvalue weighted by Crippen LogP contribution is 2.15.